The van der Waals surface area contributed by atoms with Crippen LogP contribution in [0.3, 0.4) is 0 Å². The molecule has 0 spiro atoms. The van der Waals surface area contributed by atoms with Gasteiger partial charge < -0.3 is 5.11 Å². The number of aromatic carboxylic acids is 1. The van der Waals surface area contributed by atoms with Crippen LogP contribution in [0.4, 0.5) is 0 Å². The Morgan fingerprint density at radius 1 is 1.43 bits per heavy atom. The van der Waals surface area contributed by atoms with E-state index in [0.29, 0.717) is 0 Å². The van der Waals surface area contributed by atoms with Crippen LogP contribution in [0.2, 0.25) is 5.15 Å². The molecule has 14 heavy (non-hydrogen) atoms. The second-order valence-electron chi connectivity index (χ2n) is 3.44. The van der Waals surface area contributed by atoms with Gasteiger partial charge in [-0.2, -0.15) is 0 Å². The lowest BCUT2D eigenvalue weighted by molar-refractivity contribution is 0.0695. The molecule has 0 fully saturated rings. The molecule has 0 unspecified atom stereocenters. The Labute approximate surface area is 86.7 Å². The number of hydrogen-bond acceptors (Lipinski definition) is 2. The average molecular weight is 212 g/mol. The van der Waals surface area contributed by atoms with Crippen molar-refractivity contribution in [3.8, 4) is 0 Å². The molecule has 0 radical (unpaired) electrons. The molecule has 2 rings (SSSR count). The molecule has 0 saturated carbocycles. The second-order valence-corrected chi connectivity index (χ2v) is 3.80. The van der Waals surface area contributed by atoms with Crippen molar-refractivity contribution in [1.29, 1.82) is 0 Å². The van der Waals surface area contributed by atoms with Gasteiger partial charge in [-0.05, 0) is 36.8 Å². The minimum absolute atomic E-state index is 0.109. The summed E-state index contributed by atoms with van der Waals surface area (Å²) in [5.41, 5.74) is 2.12. The van der Waals surface area contributed by atoms with Crippen molar-refractivity contribution in [2.24, 2.45) is 0 Å². The Balaban J connectivity index is 2.60. The summed E-state index contributed by atoms with van der Waals surface area (Å²) in [5, 5.41) is 9.11. The number of carboxylic acid groups (broad SMARTS) is 1. The number of pyridine rings is 1. The Kier molecular flexibility index (Phi) is 2.42. The number of fused-ring (bicyclic) bond motifs is 1. The molecule has 1 aromatic heterocycles. The largest absolute Gasteiger partial charge is 0.478 e. The highest BCUT2D eigenvalue weighted by molar-refractivity contribution is 6.32. The standard InChI is InChI=1S/C10H10ClNO2/c11-9-8(10(13)14)7-4-2-1-3-6(7)5-12-9/h5H,1-4H2,(H,13,14). The summed E-state index contributed by atoms with van der Waals surface area (Å²) >= 11 is 5.76. The molecule has 0 aliphatic heterocycles. The number of carbonyl (C=O) groups is 1. The van der Waals surface area contributed by atoms with Crippen molar-refractivity contribution in [2.75, 3.05) is 0 Å². The summed E-state index contributed by atoms with van der Waals surface area (Å²) in [7, 11) is 0. The number of hydrogen-bond donors (Lipinski definition) is 1. The van der Waals surface area contributed by atoms with E-state index in [-0.39, 0.29) is 10.7 Å². The van der Waals surface area contributed by atoms with Gasteiger partial charge in [0.25, 0.3) is 0 Å². The normalized spacial score (nSPS) is 14.9. The number of halogens is 1. The SMILES string of the molecule is O=C(O)c1c(Cl)ncc2c1CCCC2. The predicted octanol–water partition coefficient (Wildman–Crippen LogP) is 2.31. The smallest absolute Gasteiger partial charge is 0.339 e. The number of carboxylic acids is 1. The van der Waals surface area contributed by atoms with Crippen LogP contribution < -0.4 is 0 Å². The summed E-state index contributed by atoms with van der Waals surface area (Å²) < 4.78 is 0. The van der Waals surface area contributed by atoms with Crippen LogP contribution in [0.25, 0.3) is 0 Å². The molecule has 4 heteroatoms. The van der Waals surface area contributed by atoms with E-state index >= 15 is 0 Å². The van der Waals surface area contributed by atoms with Crippen molar-refractivity contribution in [2.45, 2.75) is 25.7 Å². The highest BCUT2D eigenvalue weighted by Crippen LogP contribution is 2.27. The number of nitrogens with zero attached hydrogens (tertiary/aromatic N) is 1. The fraction of sp³-hybridized carbons (Fsp3) is 0.400. The Morgan fingerprint density at radius 3 is 2.86 bits per heavy atom. The molecular formula is C10H10ClNO2. The molecule has 0 aromatic carbocycles. The first kappa shape index (κ1) is 9.46. The van der Waals surface area contributed by atoms with Crippen LogP contribution in [-0.2, 0) is 12.8 Å². The first-order valence-electron chi connectivity index (χ1n) is 4.59. The summed E-state index contributed by atoms with van der Waals surface area (Å²) in [6.45, 7) is 0. The maximum absolute atomic E-state index is 11.0. The lowest BCUT2D eigenvalue weighted by Gasteiger charge is -2.17. The van der Waals surface area contributed by atoms with Crippen LogP contribution in [-0.4, -0.2) is 16.1 Å². The van der Waals surface area contributed by atoms with E-state index in [2.05, 4.69) is 4.98 Å². The molecule has 1 aromatic rings. The first-order valence-corrected chi connectivity index (χ1v) is 4.97. The molecule has 3 nitrogen and oxygen atoms in total. The second kappa shape index (κ2) is 3.58. The third kappa shape index (κ3) is 1.48. The van der Waals surface area contributed by atoms with Gasteiger partial charge in [0, 0.05) is 6.20 Å². The molecule has 74 valence electrons. The lowest BCUT2D eigenvalue weighted by atomic mass is 9.90. The van der Waals surface area contributed by atoms with Crippen LogP contribution in [0.5, 0.6) is 0 Å². The fourth-order valence-electron chi connectivity index (χ4n) is 1.90. The number of aryl methyl sites for hydroxylation is 1. The zero-order chi connectivity index (χ0) is 10.1. The lowest BCUT2D eigenvalue weighted by Crippen LogP contribution is -2.12. The summed E-state index contributed by atoms with van der Waals surface area (Å²) in [5.74, 6) is -0.971. The van der Waals surface area contributed by atoms with Gasteiger partial charge in [0.1, 0.15) is 10.7 Å². The van der Waals surface area contributed by atoms with Crippen molar-refractivity contribution < 1.29 is 9.90 Å². The summed E-state index contributed by atoms with van der Waals surface area (Å²) in [4.78, 5) is 14.9. The van der Waals surface area contributed by atoms with E-state index in [1.165, 1.54) is 0 Å². The third-order valence-electron chi connectivity index (χ3n) is 2.57. The van der Waals surface area contributed by atoms with Crippen molar-refractivity contribution in [3.63, 3.8) is 0 Å². The predicted molar refractivity (Wildman–Crippen MR) is 52.8 cm³/mol. The van der Waals surface area contributed by atoms with E-state index in [1.807, 2.05) is 0 Å². The van der Waals surface area contributed by atoms with Gasteiger partial charge in [0.15, 0.2) is 0 Å². The van der Waals surface area contributed by atoms with Crippen molar-refractivity contribution >= 4 is 17.6 Å². The average Bonchev–Trinajstić information content (AvgIpc) is 2.17. The van der Waals surface area contributed by atoms with Gasteiger partial charge in [-0.3, -0.25) is 0 Å². The zero-order valence-corrected chi connectivity index (χ0v) is 8.34. The van der Waals surface area contributed by atoms with E-state index in [0.717, 1.165) is 36.8 Å². The van der Waals surface area contributed by atoms with E-state index in [9.17, 15) is 4.79 Å². The highest BCUT2D eigenvalue weighted by Gasteiger charge is 2.21. The van der Waals surface area contributed by atoms with Gasteiger partial charge >= 0.3 is 5.97 Å². The van der Waals surface area contributed by atoms with E-state index in [1.54, 1.807) is 6.20 Å². The minimum Gasteiger partial charge on any atom is -0.478 e. The molecule has 0 bridgehead atoms. The zero-order valence-electron chi connectivity index (χ0n) is 7.59. The van der Waals surface area contributed by atoms with Crippen LogP contribution in [0, 0.1) is 0 Å². The van der Waals surface area contributed by atoms with Crippen LogP contribution in [0.15, 0.2) is 6.20 Å². The maximum atomic E-state index is 11.0. The van der Waals surface area contributed by atoms with E-state index < -0.39 is 5.97 Å². The molecule has 1 N–H and O–H groups in total. The third-order valence-corrected chi connectivity index (χ3v) is 2.85. The first-order chi connectivity index (χ1) is 6.70. The summed E-state index contributed by atoms with van der Waals surface area (Å²) in [6, 6.07) is 0. The van der Waals surface area contributed by atoms with Gasteiger partial charge in [-0.15, -0.1) is 0 Å². The Morgan fingerprint density at radius 2 is 2.14 bits per heavy atom. The fourth-order valence-corrected chi connectivity index (χ4v) is 2.14. The van der Waals surface area contributed by atoms with E-state index in [4.69, 9.17) is 16.7 Å². The van der Waals surface area contributed by atoms with Crippen LogP contribution >= 0.6 is 11.6 Å². The molecule has 1 aliphatic carbocycles. The van der Waals surface area contributed by atoms with Crippen LogP contribution in [0.1, 0.15) is 34.3 Å². The number of aromatic nitrogens is 1. The van der Waals surface area contributed by atoms with Crippen molar-refractivity contribution in [3.05, 3.63) is 28.0 Å². The Hall–Kier alpha value is -1.09. The van der Waals surface area contributed by atoms with Gasteiger partial charge in [-0.25, -0.2) is 9.78 Å². The molecular weight excluding hydrogens is 202 g/mol. The maximum Gasteiger partial charge on any atom is 0.339 e. The minimum atomic E-state index is -0.971. The molecule has 0 atom stereocenters. The van der Waals surface area contributed by atoms with Gasteiger partial charge in [-0.1, -0.05) is 11.6 Å². The van der Waals surface area contributed by atoms with Gasteiger partial charge in [0.05, 0.1) is 0 Å². The molecule has 0 amide bonds. The van der Waals surface area contributed by atoms with Gasteiger partial charge in [0.2, 0.25) is 0 Å². The Bertz CT molecular complexity index is 390. The summed E-state index contributed by atoms with van der Waals surface area (Å²) in [6.07, 6.45) is 5.56. The highest BCUT2D eigenvalue weighted by atomic mass is 35.5. The molecule has 0 saturated heterocycles. The quantitative estimate of drug-likeness (QED) is 0.726. The molecule has 1 heterocycles. The number of rotatable bonds is 1. The topological polar surface area (TPSA) is 50.2 Å². The monoisotopic (exact) mass is 211 g/mol. The molecule has 1 aliphatic rings. The van der Waals surface area contributed by atoms with Crippen molar-refractivity contribution in [1.82, 2.24) is 4.98 Å².